The van der Waals surface area contributed by atoms with Crippen molar-refractivity contribution in [2.45, 2.75) is 52.4 Å². The molecule has 1 aromatic carbocycles. The number of amides is 1. The number of carbonyl (C=O) groups is 1. The molecule has 1 aromatic rings. The van der Waals surface area contributed by atoms with Gasteiger partial charge in [-0.3, -0.25) is 4.79 Å². The van der Waals surface area contributed by atoms with Gasteiger partial charge in [0.25, 0.3) is 0 Å². The largest absolute Gasteiger partial charge is 0.356 e. The van der Waals surface area contributed by atoms with Gasteiger partial charge in [-0.2, -0.15) is 0 Å². The zero-order valence-electron chi connectivity index (χ0n) is 12.3. The summed E-state index contributed by atoms with van der Waals surface area (Å²) in [5.41, 5.74) is 1.34. The summed E-state index contributed by atoms with van der Waals surface area (Å²) in [7, 11) is 0. The van der Waals surface area contributed by atoms with Gasteiger partial charge in [-0.25, -0.2) is 0 Å². The van der Waals surface area contributed by atoms with Gasteiger partial charge in [0.2, 0.25) is 5.91 Å². The molecule has 1 amide bonds. The minimum absolute atomic E-state index is 0.205. The van der Waals surface area contributed by atoms with E-state index >= 15 is 0 Å². The summed E-state index contributed by atoms with van der Waals surface area (Å²) in [5.74, 6) is 0.445. The van der Waals surface area contributed by atoms with Crippen LogP contribution < -0.4 is 5.32 Å². The average Bonchev–Trinajstić information content (AvgIpc) is 2.45. The Bertz CT molecular complexity index is 348. The highest BCUT2D eigenvalue weighted by Gasteiger charge is 2.14. The van der Waals surface area contributed by atoms with Gasteiger partial charge in [-0.05, 0) is 31.2 Å². The first kappa shape index (κ1) is 15.7. The maximum Gasteiger partial charge on any atom is 0.223 e. The zero-order valence-corrected chi connectivity index (χ0v) is 12.3. The van der Waals surface area contributed by atoms with Crippen molar-refractivity contribution >= 4 is 5.91 Å². The molecule has 0 saturated heterocycles. The minimum atomic E-state index is 0.205. The molecule has 0 aliphatic carbocycles. The lowest BCUT2D eigenvalue weighted by Crippen LogP contribution is -2.31. The number of unbranched alkanes of at least 4 members (excludes halogenated alkanes) is 1. The van der Waals surface area contributed by atoms with E-state index in [1.165, 1.54) is 5.56 Å². The third-order valence-electron chi connectivity index (χ3n) is 3.55. The predicted octanol–water partition coefficient (Wildman–Crippen LogP) is 3.95. The van der Waals surface area contributed by atoms with Gasteiger partial charge in [0.05, 0.1) is 0 Å². The van der Waals surface area contributed by atoms with E-state index < -0.39 is 0 Å². The SMILES string of the molecule is CCCC[C@@H](CC)C(=O)NCCCc1ccccc1. The fraction of sp³-hybridized carbons (Fsp3) is 0.588. The lowest BCUT2D eigenvalue weighted by atomic mass is 9.98. The second-order valence-electron chi connectivity index (χ2n) is 5.13. The Morgan fingerprint density at radius 2 is 1.89 bits per heavy atom. The van der Waals surface area contributed by atoms with Crippen LogP contribution >= 0.6 is 0 Å². The van der Waals surface area contributed by atoms with Gasteiger partial charge >= 0.3 is 0 Å². The van der Waals surface area contributed by atoms with Crippen LogP contribution in [0, 0.1) is 5.92 Å². The summed E-state index contributed by atoms with van der Waals surface area (Å²) >= 11 is 0. The molecule has 2 heteroatoms. The van der Waals surface area contributed by atoms with E-state index in [9.17, 15) is 4.79 Å². The molecule has 0 aliphatic rings. The number of benzene rings is 1. The Morgan fingerprint density at radius 3 is 2.53 bits per heavy atom. The molecule has 0 fully saturated rings. The summed E-state index contributed by atoms with van der Waals surface area (Å²) in [6.45, 7) is 5.06. The van der Waals surface area contributed by atoms with Crippen LogP contribution in [-0.4, -0.2) is 12.5 Å². The van der Waals surface area contributed by atoms with Gasteiger partial charge in [0, 0.05) is 12.5 Å². The Kier molecular flexibility index (Phi) is 7.95. The van der Waals surface area contributed by atoms with Crippen LogP contribution in [0.15, 0.2) is 30.3 Å². The highest BCUT2D eigenvalue weighted by Crippen LogP contribution is 2.12. The molecule has 0 radical (unpaired) electrons. The molecule has 0 aromatic heterocycles. The van der Waals surface area contributed by atoms with Crippen molar-refractivity contribution in [2.24, 2.45) is 5.92 Å². The zero-order chi connectivity index (χ0) is 13.9. The Morgan fingerprint density at radius 1 is 1.16 bits per heavy atom. The first-order chi connectivity index (χ1) is 9.27. The summed E-state index contributed by atoms with van der Waals surface area (Å²) in [6.07, 6.45) is 6.34. The maximum atomic E-state index is 12.0. The van der Waals surface area contributed by atoms with E-state index in [0.717, 1.165) is 45.1 Å². The molecule has 106 valence electrons. The highest BCUT2D eigenvalue weighted by molar-refractivity contribution is 5.78. The van der Waals surface area contributed by atoms with E-state index in [2.05, 4.69) is 43.4 Å². The van der Waals surface area contributed by atoms with Crippen LogP contribution in [0.5, 0.6) is 0 Å². The summed E-state index contributed by atoms with van der Waals surface area (Å²) in [5, 5.41) is 3.07. The van der Waals surface area contributed by atoms with E-state index in [0.29, 0.717) is 0 Å². The third kappa shape index (κ3) is 6.42. The van der Waals surface area contributed by atoms with Crippen molar-refractivity contribution < 1.29 is 4.79 Å². The van der Waals surface area contributed by atoms with Crippen molar-refractivity contribution in [1.29, 1.82) is 0 Å². The van der Waals surface area contributed by atoms with Crippen LogP contribution in [-0.2, 0) is 11.2 Å². The number of aryl methyl sites for hydroxylation is 1. The molecule has 0 bridgehead atoms. The normalized spacial score (nSPS) is 12.1. The van der Waals surface area contributed by atoms with Crippen LogP contribution in [0.1, 0.15) is 51.5 Å². The molecule has 0 heterocycles. The van der Waals surface area contributed by atoms with Crippen molar-refractivity contribution in [2.75, 3.05) is 6.54 Å². The average molecular weight is 261 g/mol. The first-order valence-corrected chi connectivity index (χ1v) is 7.59. The van der Waals surface area contributed by atoms with Crippen molar-refractivity contribution in [3.05, 3.63) is 35.9 Å². The summed E-state index contributed by atoms with van der Waals surface area (Å²) in [4.78, 5) is 12.0. The van der Waals surface area contributed by atoms with Gasteiger partial charge in [-0.1, -0.05) is 57.0 Å². The van der Waals surface area contributed by atoms with E-state index in [-0.39, 0.29) is 11.8 Å². The lowest BCUT2D eigenvalue weighted by Gasteiger charge is -2.14. The third-order valence-corrected chi connectivity index (χ3v) is 3.55. The number of hydrogen-bond acceptors (Lipinski definition) is 1. The molecule has 0 saturated carbocycles. The fourth-order valence-electron chi connectivity index (χ4n) is 2.26. The Hall–Kier alpha value is -1.31. The fourth-order valence-corrected chi connectivity index (χ4v) is 2.26. The van der Waals surface area contributed by atoms with Gasteiger partial charge < -0.3 is 5.32 Å². The van der Waals surface area contributed by atoms with Crippen LogP contribution in [0.4, 0.5) is 0 Å². The molecule has 1 N–H and O–H groups in total. The van der Waals surface area contributed by atoms with Crippen LogP contribution in [0.2, 0.25) is 0 Å². The predicted molar refractivity (Wildman–Crippen MR) is 81.1 cm³/mol. The number of rotatable bonds is 9. The van der Waals surface area contributed by atoms with E-state index in [1.54, 1.807) is 0 Å². The van der Waals surface area contributed by atoms with Crippen molar-refractivity contribution in [3.8, 4) is 0 Å². The van der Waals surface area contributed by atoms with Crippen molar-refractivity contribution in [3.63, 3.8) is 0 Å². The topological polar surface area (TPSA) is 29.1 Å². The molecule has 2 nitrogen and oxygen atoms in total. The quantitative estimate of drug-likeness (QED) is 0.670. The highest BCUT2D eigenvalue weighted by atomic mass is 16.1. The summed E-state index contributed by atoms with van der Waals surface area (Å²) in [6, 6.07) is 10.4. The standard InChI is InChI=1S/C17H27NO/c1-3-5-13-16(4-2)17(19)18-14-9-12-15-10-7-6-8-11-15/h6-8,10-11,16H,3-5,9,12-14H2,1-2H3,(H,18,19)/t16-/m1/s1. The molecular weight excluding hydrogens is 234 g/mol. The molecule has 1 atom stereocenters. The second-order valence-corrected chi connectivity index (χ2v) is 5.13. The van der Waals surface area contributed by atoms with Gasteiger partial charge in [0.15, 0.2) is 0 Å². The minimum Gasteiger partial charge on any atom is -0.356 e. The molecule has 0 unspecified atom stereocenters. The van der Waals surface area contributed by atoms with Crippen LogP contribution in [0.25, 0.3) is 0 Å². The van der Waals surface area contributed by atoms with E-state index in [1.807, 2.05) is 6.07 Å². The lowest BCUT2D eigenvalue weighted by molar-refractivity contribution is -0.125. The smallest absolute Gasteiger partial charge is 0.223 e. The second kappa shape index (κ2) is 9.60. The Balaban J connectivity index is 2.19. The number of carbonyl (C=O) groups excluding carboxylic acids is 1. The van der Waals surface area contributed by atoms with Crippen molar-refractivity contribution in [1.82, 2.24) is 5.32 Å². The number of nitrogens with one attached hydrogen (secondary N) is 1. The molecule has 1 rings (SSSR count). The molecule has 0 aliphatic heterocycles. The van der Waals surface area contributed by atoms with E-state index in [4.69, 9.17) is 0 Å². The van der Waals surface area contributed by atoms with Crippen LogP contribution in [0.3, 0.4) is 0 Å². The monoisotopic (exact) mass is 261 g/mol. The number of hydrogen-bond donors (Lipinski definition) is 1. The molecule has 0 spiro atoms. The first-order valence-electron chi connectivity index (χ1n) is 7.59. The maximum absolute atomic E-state index is 12.0. The summed E-state index contributed by atoms with van der Waals surface area (Å²) < 4.78 is 0. The molecule has 19 heavy (non-hydrogen) atoms. The van der Waals surface area contributed by atoms with Gasteiger partial charge in [-0.15, -0.1) is 0 Å². The van der Waals surface area contributed by atoms with Gasteiger partial charge in [0.1, 0.15) is 0 Å². The molecular formula is C17H27NO. The Labute approximate surface area is 117 Å².